The van der Waals surface area contributed by atoms with Crippen LogP contribution in [-0.2, 0) is 31.4 Å². The van der Waals surface area contributed by atoms with Crippen LogP contribution >= 0.6 is 11.9 Å². The van der Waals surface area contributed by atoms with Crippen molar-refractivity contribution in [2.75, 3.05) is 15.9 Å². The summed E-state index contributed by atoms with van der Waals surface area (Å²) >= 11 is 1.67. The first-order chi connectivity index (χ1) is 22.3. The molecule has 0 bridgehead atoms. The third kappa shape index (κ3) is 5.28. The van der Waals surface area contributed by atoms with E-state index < -0.39 is 5.97 Å². The monoisotopic (exact) mass is 625 g/mol. The van der Waals surface area contributed by atoms with Gasteiger partial charge >= 0.3 is 5.97 Å². The second-order valence-corrected chi connectivity index (χ2v) is 12.6. The molecule has 2 N–H and O–H groups in total. The van der Waals surface area contributed by atoms with Gasteiger partial charge in [-0.1, -0.05) is 72.1 Å². The number of carboxylic acids is 1. The van der Waals surface area contributed by atoms with Crippen LogP contribution in [0.25, 0.3) is 44.4 Å². The van der Waals surface area contributed by atoms with Crippen LogP contribution < -0.4 is 9.62 Å². The molecule has 1 aliphatic rings. The summed E-state index contributed by atoms with van der Waals surface area (Å²) in [6.07, 6.45) is 5.73. The highest BCUT2D eigenvalue weighted by atomic mass is 32.2. The predicted octanol–water partition coefficient (Wildman–Crippen LogP) is 8.42. The zero-order valence-electron chi connectivity index (χ0n) is 26.3. The van der Waals surface area contributed by atoms with E-state index in [0.29, 0.717) is 6.54 Å². The molecule has 0 fully saturated rings. The van der Waals surface area contributed by atoms with E-state index in [2.05, 4.69) is 113 Å². The molecule has 7 nitrogen and oxygen atoms in total. The van der Waals surface area contributed by atoms with Crippen LogP contribution in [0.15, 0.2) is 91.3 Å². The zero-order valence-corrected chi connectivity index (χ0v) is 27.2. The predicted molar refractivity (Wildman–Crippen MR) is 189 cm³/mol. The average Bonchev–Trinajstić information content (AvgIpc) is 3.44. The van der Waals surface area contributed by atoms with Crippen molar-refractivity contribution < 1.29 is 9.90 Å². The van der Waals surface area contributed by atoms with Crippen molar-refractivity contribution in [1.29, 1.82) is 0 Å². The average molecular weight is 626 g/mol. The molecule has 0 unspecified atom stereocenters. The van der Waals surface area contributed by atoms with Crippen molar-refractivity contribution in [3.05, 3.63) is 119 Å². The zero-order chi connectivity index (χ0) is 31.9. The highest BCUT2D eigenvalue weighted by Crippen LogP contribution is 2.50. The summed E-state index contributed by atoms with van der Waals surface area (Å²) in [5, 5.41) is 19.3. The van der Waals surface area contributed by atoms with Gasteiger partial charge in [-0.05, 0) is 77.1 Å². The number of carbonyl (C=O) groups is 1. The quantitative estimate of drug-likeness (QED) is 0.164. The third-order valence-corrected chi connectivity index (χ3v) is 9.71. The number of hydrogen-bond acceptors (Lipinski definition) is 6. The van der Waals surface area contributed by atoms with E-state index in [4.69, 9.17) is 0 Å². The normalized spacial score (nSPS) is 12.2. The molecule has 2 aromatic heterocycles. The molecule has 0 saturated carbocycles. The van der Waals surface area contributed by atoms with Crippen molar-refractivity contribution >= 4 is 40.2 Å². The van der Waals surface area contributed by atoms with E-state index in [-0.39, 0.29) is 6.42 Å². The van der Waals surface area contributed by atoms with Gasteiger partial charge in [-0.25, -0.2) is 0 Å². The van der Waals surface area contributed by atoms with Gasteiger partial charge in [0.2, 0.25) is 0 Å². The summed E-state index contributed by atoms with van der Waals surface area (Å²) in [6, 6.07) is 27.3. The molecule has 0 atom stereocenters. The Bertz CT molecular complexity index is 2120. The number of pyridine rings is 1. The molecule has 8 heteroatoms. The second-order valence-electron chi connectivity index (χ2n) is 11.8. The molecule has 0 spiro atoms. The number of carboxylic acid groups (broad SMARTS) is 1. The van der Waals surface area contributed by atoms with Crippen molar-refractivity contribution in [2.24, 2.45) is 7.05 Å². The molecular formula is C38H35N5O2S. The van der Waals surface area contributed by atoms with Crippen LogP contribution in [0, 0.1) is 13.8 Å². The summed E-state index contributed by atoms with van der Waals surface area (Å²) in [5.74, 6) is -0.841. The molecule has 0 aliphatic carbocycles. The number of rotatable bonds is 8. The molecule has 230 valence electrons. The summed E-state index contributed by atoms with van der Waals surface area (Å²) in [7, 11) is 1.94. The molecule has 3 heterocycles. The number of hydrogen-bond donors (Lipinski definition) is 2. The standard InChI is InChI=1S/C38H35N5O2S/c1-23-9-11-25(12-10-23)36-31(19-35(44)45)24(2)38-37(30-8-6-5-7-27(30)22-43(38)46-4)32(36)21-40-29-15-16-39-33(18-29)26-13-14-34-28(17-26)20-41-42(34)3/h5-18,20H,19,21-22H2,1-4H3,(H,39,40)(H,44,45). The van der Waals surface area contributed by atoms with Gasteiger partial charge in [-0.2, -0.15) is 5.10 Å². The van der Waals surface area contributed by atoms with E-state index >= 15 is 0 Å². The van der Waals surface area contributed by atoms with E-state index in [1.54, 1.807) is 11.9 Å². The Hall–Kier alpha value is -5.08. The summed E-state index contributed by atoms with van der Waals surface area (Å²) in [4.78, 5) is 17.1. The lowest BCUT2D eigenvalue weighted by Gasteiger charge is -2.36. The smallest absolute Gasteiger partial charge is 0.307 e. The van der Waals surface area contributed by atoms with Gasteiger partial charge in [-0.15, -0.1) is 0 Å². The van der Waals surface area contributed by atoms with E-state index in [1.165, 1.54) is 11.1 Å². The summed E-state index contributed by atoms with van der Waals surface area (Å²) < 4.78 is 4.17. The number of aromatic nitrogens is 3. The van der Waals surface area contributed by atoms with E-state index in [9.17, 15) is 9.90 Å². The fourth-order valence-electron chi connectivity index (χ4n) is 6.69. The first kappa shape index (κ1) is 29.6. The van der Waals surface area contributed by atoms with Gasteiger partial charge in [0.15, 0.2) is 0 Å². The van der Waals surface area contributed by atoms with Crippen LogP contribution in [0.5, 0.6) is 0 Å². The number of fused-ring (bicyclic) bond motifs is 4. The Labute approximate surface area is 273 Å². The van der Waals surface area contributed by atoms with Crippen LogP contribution in [-0.4, -0.2) is 32.1 Å². The Kier molecular flexibility index (Phi) is 7.74. The Morgan fingerprint density at radius 2 is 1.74 bits per heavy atom. The molecule has 4 aromatic carbocycles. The van der Waals surface area contributed by atoms with Gasteiger partial charge < -0.3 is 14.7 Å². The molecule has 1 aliphatic heterocycles. The highest BCUT2D eigenvalue weighted by molar-refractivity contribution is 7.99. The molecule has 0 saturated heterocycles. The maximum Gasteiger partial charge on any atom is 0.307 e. The Morgan fingerprint density at radius 3 is 2.52 bits per heavy atom. The van der Waals surface area contributed by atoms with Crippen LogP contribution in [0.1, 0.15) is 27.8 Å². The summed E-state index contributed by atoms with van der Waals surface area (Å²) in [5.41, 5.74) is 14.7. The number of nitrogens with zero attached hydrogens (tertiary/aromatic N) is 4. The second kappa shape index (κ2) is 12.0. The van der Waals surface area contributed by atoms with Gasteiger partial charge in [0.1, 0.15) is 0 Å². The fraction of sp³-hybridized carbons (Fsp3) is 0.184. The van der Waals surface area contributed by atoms with Gasteiger partial charge in [0, 0.05) is 48.2 Å². The fourth-order valence-corrected chi connectivity index (χ4v) is 7.37. The minimum Gasteiger partial charge on any atom is -0.481 e. The topological polar surface area (TPSA) is 83.3 Å². The van der Waals surface area contributed by atoms with Crippen LogP contribution in [0.3, 0.4) is 0 Å². The van der Waals surface area contributed by atoms with Crippen molar-refractivity contribution in [3.8, 4) is 33.5 Å². The number of benzene rings is 4. The third-order valence-electron chi connectivity index (χ3n) is 8.96. The lowest BCUT2D eigenvalue weighted by Crippen LogP contribution is -2.23. The van der Waals surface area contributed by atoms with Gasteiger partial charge in [-0.3, -0.25) is 14.5 Å². The molecule has 0 amide bonds. The van der Waals surface area contributed by atoms with Crippen molar-refractivity contribution in [2.45, 2.75) is 33.4 Å². The van der Waals surface area contributed by atoms with Crippen LogP contribution in [0.2, 0.25) is 0 Å². The first-order valence-electron chi connectivity index (χ1n) is 15.3. The minimum atomic E-state index is -0.841. The lowest BCUT2D eigenvalue weighted by atomic mass is 9.80. The number of aryl methyl sites for hydroxylation is 2. The van der Waals surface area contributed by atoms with Crippen LogP contribution in [0.4, 0.5) is 11.4 Å². The first-order valence-corrected chi connectivity index (χ1v) is 16.5. The molecule has 7 rings (SSSR count). The van der Waals surface area contributed by atoms with Crippen molar-refractivity contribution in [1.82, 2.24) is 14.8 Å². The van der Waals surface area contributed by atoms with E-state index in [0.717, 1.165) is 79.0 Å². The Morgan fingerprint density at radius 1 is 0.957 bits per heavy atom. The highest BCUT2D eigenvalue weighted by Gasteiger charge is 2.31. The lowest BCUT2D eigenvalue weighted by molar-refractivity contribution is -0.136. The molecule has 46 heavy (non-hydrogen) atoms. The number of aliphatic carboxylic acids is 1. The van der Waals surface area contributed by atoms with Gasteiger partial charge in [0.05, 0.1) is 36.1 Å². The largest absolute Gasteiger partial charge is 0.481 e. The van der Waals surface area contributed by atoms with Crippen molar-refractivity contribution in [3.63, 3.8) is 0 Å². The molecule has 0 radical (unpaired) electrons. The molecule has 6 aromatic rings. The van der Waals surface area contributed by atoms with E-state index in [1.807, 2.05) is 30.2 Å². The number of anilines is 2. The minimum absolute atomic E-state index is 0.0601. The summed E-state index contributed by atoms with van der Waals surface area (Å²) in [6.45, 7) is 5.41. The number of nitrogens with one attached hydrogen (secondary N) is 1. The van der Waals surface area contributed by atoms with Gasteiger partial charge in [0.25, 0.3) is 0 Å². The molecular weight excluding hydrogens is 591 g/mol. The maximum absolute atomic E-state index is 12.4. The Balaban J connectivity index is 1.40. The SMILES string of the molecule is CSN1Cc2ccccc2-c2c(CNc3ccnc(-c4ccc5c(cnn5C)c4)c3)c(-c3ccc(C)cc3)c(CC(=O)O)c(C)c21. The maximum atomic E-state index is 12.4.